The highest BCUT2D eigenvalue weighted by molar-refractivity contribution is 9.11. The second-order valence-corrected chi connectivity index (χ2v) is 6.39. The second-order valence-electron chi connectivity index (χ2n) is 3.96. The monoisotopic (exact) mass is 302 g/mol. The first-order chi connectivity index (χ1) is 7.49. The summed E-state index contributed by atoms with van der Waals surface area (Å²) in [5.74, 6) is -0.531. The third-order valence-electron chi connectivity index (χ3n) is 2.76. The molecule has 1 aromatic rings. The molecule has 0 saturated carbocycles. The zero-order chi connectivity index (χ0) is 11.9. The number of rotatable bonds is 2. The van der Waals surface area contributed by atoms with Crippen molar-refractivity contribution in [3.05, 3.63) is 20.3 Å². The highest BCUT2D eigenvalue weighted by Gasteiger charge is 2.49. The van der Waals surface area contributed by atoms with Gasteiger partial charge in [0.05, 0.1) is 15.3 Å². The molecular formula is C11H11BrO3S. The largest absolute Gasteiger partial charge is 0.465 e. The van der Waals surface area contributed by atoms with Crippen LogP contribution < -0.4 is 0 Å². The van der Waals surface area contributed by atoms with Crippen LogP contribution in [0, 0.1) is 5.41 Å². The molecule has 1 aromatic heterocycles. The molecule has 1 aliphatic carbocycles. The number of ketones is 1. The van der Waals surface area contributed by atoms with E-state index in [-0.39, 0.29) is 5.78 Å². The van der Waals surface area contributed by atoms with Gasteiger partial charge in [-0.25, -0.2) is 0 Å². The molecule has 1 aliphatic rings. The number of esters is 1. The molecule has 0 N–H and O–H groups in total. The summed E-state index contributed by atoms with van der Waals surface area (Å²) in [7, 11) is 0. The molecule has 3 nitrogen and oxygen atoms in total. The lowest BCUT2D eigenvalue weighted by atomic mass is 9.87. The molecule has 86 valence electrons. The minimum absolute atomic E-state index is 0.114. The molecule has 2 rings (SSSR count). The van der Waals surface area contributed by atoms with Gasteiger partial charge in [0.25, 0.3) is 0 Å². The summed E-state index contributed by atoms with van der Waals surface area (Å²) in [6.45, 7) is 3.71. The highest BCUT2D eigenvalue weighted by atomic mass is 79.9. The van der Waals surface area contributed by atoms with Crippen LogP contribution in [0.1, 0.15) is 29.1 Å². The van der Waals surface area contributed by atoms with Crippen molar-refractivity contribution >= 4 is 39.0 Å². The molecule has 1 heterocycles. The SMILES string of the molecule is CCOC(=O)C1(C)Cc2cc(Br)sc2C1=O. The predicted octanol–water partition coefficient (Wildman–Crippen LogP) is 2.82. The lowest BCUT2D eigenvalue weighted by Crippen LogP contribution is -2.35. The Labute approximate surface area is 106 Å². The molecule has 0 aromatic carbocycles. The quantitative estimate of drug-likeness (QED) is 0.623. The number of halogens is 1. The van der Waals surface area contributed by atoms with Crippen molar-refractivity contribution in [2.24, 2.45) is 5.41 Å². The van der Waals surface area contributed by atoms with Crippen molar-refractivity contribution in [1.29, 1.82) is 0 Å². The van der Waals surface area contributed by atoms with Gasteiger partial charge in [0.2, 0.25) is 0 Å². The number of Topliss-reactive ketones (excluding diaryl/α,β-unsaturated/α-hetero) is 1. The van der Waals surface area contributed by atoms with Crippen LogP contribution in [0.25, 0.3) is 0 Å². The number of carbonyl (C=O) groups excluding carboxylic acids is 2. The molecule has 0 spiro atoms. The Morgan fingerprint density at radius 2 is 2.38 bits per heavy atom. The van der Waals surface area contributed by atoms with Crippen LogP contribution in [0.2, 0.25) is 0 Å². The summed E-state index contributed by atoms with van der Waals surface area (Å²) >= 11 is 4.72. The van der Waals surface area contributed by atoms with E-state index in [1.807, 2.05) is 6.07 Å². The first-order valence-corrected chi connectivity index (χ1v) is 6.60. The van der Waals surface area contributed by atoms with Crippen molar-refractivity contribution in [3.8, 4) is 0 Å². The third kappa shape index (κ3) is 1.62. The van der Waals surface area contributed by atoms with Crippen molar-refractivity contribution < 1.29 is 14.3 Å². The molecular weight excluding hydrogens is 292 g/mol. The van der Waals surface area contributed by atoms with E-state index in [4.69, 9.17) is 4.74 Å². The maximum absolute atomic E-state index is 12.1. The Morgan fingerprint density at radius 1 is 1.69 bits per heavy atom. The Hall–Kier alpha value is -0.680. The van der Waals surface area contributed by atoms with Crippen LogP contribution in [0.15, 0.2) is 9.85 Å². The average molecular weight is 303 g/mol. The second kappa shape index (κ2) is 3.96. The first-order valence-electron chi connectivity index (χ1n) is 4.99. The van der Waals surface area contributed by atoms with Crippen LogP contribution in [0.4, 0.5) is 0 Å². The average Bonchev–Trinajstić information content (AvgIpc) is 2.67. The van der Waals surface area contributed by atoms with E-state index in [1.165, 1.54) is 11.3 Å². The van der Waals surface area contributed by atoms with E-state index < -0.39 is 11.4 Å². The third-order valence-corrected chi connectivity index (χ3v) is 4.44. The lowest BCUT2D eigenvalue weighted by Gasteiger charge is -2.19. The van der Waals surface area contributed by atoms with E-state index in [0.29, 0.717) is 17.9 Å². The maximum atomic E-state index is 12.1. The van der Waals surface area contributed by atoms with Crippen LogP contribution in [-0.2, 0) is 16.0 Å². The number of carbonyl (C=O) groups is 2. The van der Waals surface area contributed by atoms with Crippen molar-refractivity contribution in [2.75, 3.05) is 6.61 Å². The molecule has 1 unspecified atom stereocenters. The molecule has 5 heteroatoms. The number of fused-ring (bicyclic) bond motifs is 1. The zero-order valence-electron chi connectivity index (χ0n) is 9.00. The standard InChI is InChI=1S/C11H11BrO3S/c1-3-15-10(14)11(2)5-6-4-7(12)16-8(6)9(11)13/h4H,3,5H2,1-2H3. The summed E-state index contributed by atoms with van der Waals surface area (Å²) in [5.41, 5.74) is -0.0739. The van der Waals surface area contributed by atoms with Gasteiger partial charge in [-0.05, 0) is 47.8 Å². The van der Waals surface area contributed by atoms with Crippen LogP contribution in [0.3, 0.4) is 0 Å². The topological polar surface area (TPSA) is 43.4 Å². The summed E-state index contributed by atoms with van der Waals surface area (Å²) in [6.07, 6.45) is 0.447. The lowest BCUT2D eigenvalue weighted by molar-refractivity contribution is -0.151. The number of hydrogen-bond acceptors (Lipinski definition) is 4. The maximum Gasteiger partial charge on any atom is 0.320 e. The van der Waals surface area contributed by atoms with Crippen LogP contribution in [0.5, 0.6) is 0 Å². The molecule has 1 atom stereocenters. The number of ether oxygens (including phenoxy) is 1. The summed E-state index contributed by atoms with van der Waals surface area (Å²) in [6, 6.07) is 1.91. The van der Waals surface area contributed by atoms with Gasteiger partial charge in [-0.15, -0.1) is 11.3 Å². The van der Waals surface area contributed by atoms with Gasteiger partial charge in [0.15, 0.2) is 5.78 Å². The summed E-state index contributed by atoms with van der Waals surface area (Å²) in [5, 5.41) is 0. The van der Waals surface area contributed by atoms with Crippen molar-refractivity contribution in [3.63, 3.8) is 0 Å². The molecule has 0 fully saturated rings. The number of thiophene rings is 1. The molecule has 0 aliphatic heterocycles. The van der Waals surface area contributed by atoms with E-state index in [0.717, 1.165) is 9.35 Å². The predicted molar refractivity (Wildman–Crippen MR) is 64.8 cm³/mol. The number of hydrogen-bond donors (Lipinski definition) is 0. The minimum atomic E-state index is -1.02. The summed E-state index contributed by atoms with van der Waals surface area (Å²) in [4.78, 5) is 24.6. The highest BCUT2D eigenvalue weighted by Crippen LogP contribution is 2.43. The fourth-order valence-corrected chi connectivity index (χ4v) is 3.62. The zero-order valence-corrected chi connectivity index (χ0v) is 11.4. The fourth-order valence-electron chi connectivity index (χ4n) is 1.89. The van der Waals surface area contributed by atoms with Crippen LogP contribution >= 0.6 is 27.3 Å². The molecule has 16 heavy (non-hydrogen) atoms. The Balaban J connectivity index is 2.33. The Bertz CT molecular complexity index is 466. The van der Waals surface area contributed by atoms with E-state index in [9.17, 15) is 9.59 Å². The minimum Gasteiger partial charge on any atom is -0.465 e. The van der Waals surface area contributed by atoms with Gasteiger partial charge >= 0.3 is 5.97 Å². The van der Waals surface area contributed by atoms with Gasteiger partial charge in [-0.1, -0.05) is 0 Å². The van der Waals surface area contributed by atoms with E-state index in [1.54, 1.807) is 13.8 Å². The summed E-state index contributed by atoms with van der Waals surface area (Å²) < 4.78 is 5.89. The van der Waals surface area contributed by atoms with Gasteiger partial charge in [-0.3, -0.25) is 9.59 Å². The Morgan fingerprint density at radius 3 is 2.94 bits per heavy atom. The smallest absolute Gasteiger partial charge is 0.320 e. The van der Waals surface area contributed by atoms with Crippen molar-refractivity contribution in [1.82, 2.24) is 0 Å². The Kier molecular flexibility index (Phi) is 2.92. The van der Waals surface area contributed by atoms with Gasteiger partial charge < -0.3 is 4.74 Å². The van der Waals surface area contributed by atoms with Gasteiger partial charge in [0, 0.05) is 0 Å². The van der Waals surface area contributed by atoms with E-state index in [2.05, 4.69) is 15.9 Å². The molecule has 0 amide bonds. The molecule has 0 bridgehead atoms. The molecule has 0 radical (unpaired) electrons. The van der Waals surface area contributed by atoms with Gasteiger partial charge in [0.1, 0.15) is 5.41 Å². The van der Waals surface area contributed by atoms with Crippen molar-refractivity contribution in [2.45, 2.75) is 20.3 Å². The van der Waals surface area contributed by atoms with E-state index >= 15 is 0 Å². The fraction of sp³-hybridized carbons (Fsp3) is 0.455. The van der Waals surface area contributed by atoms with Gasteiger partial charge in [-0.2, -0.15) is 0 Å². The molecule has 0 saturated heterocycles. The normalized spacial score (nSPS) is 23.3. The first kappa shape index (κ1) is 11.8. The van der Waals surface area contributed by atoms with Crippen LogP contribution in [-0.4, -0.2) is 18.4 Å².